The van der Waals surface area contributed by atoms with E-state index in [9.17, 15) is 17.6 Å². The van der Waals surface area contributed by atoms with Crippen LogP contribution in [0.1, 0.15) is 43.4 Å². The van der Waals surface area contributed by atoms with Gasteiger partial charge in [-0.15, -0.1) is 24.8 Å². The molecule has 1 atom stereocenters. The summed E-state index contributed by atoms with van der Waals surface area (Å²) in [6.45, 7) is 5.04. The van der Waals surface area contributed by atoms with Crippen LogP contribution in [0.25, 0.3) is 0 Å². The Morgan fingerprint density at radius 2 is 1.79 bits per heavy atom. The monoisotopic (exact) mass is 390 g/mol. The van der Waals surface area contributed by atoms with Crippen LogP contribution in [0.15, 0.2) is 18.2 Å². The standard InChI is InChI=1S/C16H22F4N2.2ClH/c1-2-3-4-15(22-9-7-21-8-10-22)13-11-12(16(18,19)20)5-6-14(13)17;;/h5-6,11,15,21H,2-4,7-10H2,1H3;2*1H/t15-;;/m1../s1. The molecule has 1 aliphatic rings. The van der Waals surface area contributed by atoms with Crippen molar-refractivity contribution in [1.29, 1.82) is 0 Å². The minimum Gasteiger partial charge on any atom is -0.314 e. The molecule has 0 aliphatic carbocycles. The highest BCUT2D eigenvalue weighted by Gasteiger charge is 2.33. The molecule has 1 aliphatic heterocycles. The number of hydrogen-bond donors (Lipinski definition) is 1. The minimum atomic E-state index is -4.44. The fraction of sp³-hybridized carbons (Fsp3) is 0.625. The summed E-state index contributed by atoms with van der Waals surface area (Å²) < 4.78 is 52.9. The summed E-state index contributed by atoms with van der Waals surface area (Å²) >= 11 is 0. The van der Waals surface area contributed by atoms with Crippen LogP contribution < -0.4 is 5.32 Å². The lowest BCUT2D eigenvalue weighted by molar-refractivity contribution is -0.137. The summed E-state index contributed by atoms with van der Waals surface area (Å²) in [5.41, 5.74) is -0.606. The maximum Gasteiger partial charge on any atom is 0.416 e. The van der Waals surface area contributed by atoms with Crippen molar-refractivity contribution in [1.82, 2.24) is 10.2 Å². The van der Waals surface area contributed by atoms with Crippen LogP contribution in [0.5, 0.6) is 0 Å². The maximum absolute atomic E-state index is 14.2. The third-order valence-electron chi connectivity index (χ3n) is 4.11. The Hall–Kier alpha value is -0.560. The van der Waals surface area contributed by atoms with E-state index in [2.05, 4.69) is 10.2 Å². The molecule has 1 saturated heterocycles. The van der Waals surface area contributed by atoms with Gasteiger partial charge in [0.15, 0.2) is 0 Å². The first-order valence-corrected chi connectivity index (χ1v) is 7.75. The Morgan fingerprint density at radius 1 is 1.17 bits per heavy atom. The third kappa shape index (κ3) is 6.06. The summed E-state index contributed by atoms with van der Waals surface area (Å²) in [5, 5.41) is 3.21. The molecule has 0 bridgehead atoms. The molecule has 0 saturated carbocycles. The Balaban J connectivity index is 0.00000264. The number of rotatable bonds is 5. The van der Waals surface area contributed by atoms with E-state index in [1.54, 1.807) is 0 Å². The van der Waals surface area contributed by atoms with Gasteiger partial charge >= 0.3 is 6.18 Å². The number of halogens is 6. The first-order chi connectivity index (χ1) is 10.4. The fourth-order valence-electron chi connectivity index (χ4n) is 2.90. The van der Waals surface area contributed by atoms with Crippen molar-refractivity contribution in [3.8, 4) is 0 Å². The van der Waals surface area contributed by atoms with Gasteiger partial charge in [-0.2, -0.15) is 13.2 Å². The third-order valence-corrected chi connectivity index (χ3v) is 4.11. The summed E-state index contributed by atoms with van der Waals surface area (Å²) in [4.78, 5) is 2.09. The lowest BCUT2D eigenvalue weighted by Gasteiger charge is -2.35. The molecule has 0 spiro atoms. The van der Waals surface area contributed by atoms with Crippen molar-refractivity contribution in [3.05, 3.63) is 35.1 Å². The van der Waals surface area contributed by atoms with E-state index in [4.69, 9.17) is 0 Å². The lowest BCUT2D eigenvalue weighted by Crippen LogP contribution is -2.45. The molecule has 1 aromatic rings. The Bertz CT molecular complexity index is 491. The van der Waals surface area contributed by atoms with Crippen LogP contribution in [0, 0.1) is 5.82 Å². The molecule has 2 rings (SSSR count). The zero-order valence-corrected chi connectivity index (χ0v) is 15.2. The number of nitrogens with one attached hydrogen (secondary N) is 1. The average Bonchev–Trinajstić information content (AvgIpc) is 2.49. The molecule has 1 N–H and O–H groups in total. The first kappa shape index (κ1) is 23.4. The predicted octanol–water partition coefficient (Wildman–Crippen LogP) is 4.82. The largest absolute Gasteiger partial charge is 0.416 e. The van der Waals surface area contributed by atoms with E-state index in [1.807, 2.05) is 6.92 Å². The smallest absolute Gasteiger partial charge is 0.314 e. The summed E-state index contributed by atoms with van der Waals surface area (Å²) in [6, 6.07) is 2.45. The van der Waals surface area contributed by atoms with Gasteiger partial charge in [0.1, 0.15) is 5.82 Å². The van der Waals surface area contributed by atoms with Gasteiger partial charge < -0.3 is 5.32 Å². The molecule has 2 nitrogen and oxygen atoms in total. The Labute approximate surface area is 152 Å². The molecule has 0 unspecified atom stereocenters. The first-order valence-electron chi connectivity index (χ1n) is 7.75. The normalized spacial score (nSPS) is 16.9. The van der Waals surface area contributed by atoms with Crippen molar-refractivity contribution in [2.24, 2.45) is 0 Å². The van der Waals surface area contributed by atoms with E-state index >= 15 is 0 Å². The van der Waals surface area contributed by atoms with Gasteiger partial charge in [-0.25, -0.2) is 4.39 Å². The highest BCUT2D eigenvalue weighted by Crippen LogP contribution is 2.35. The van der Waals surface area contributed by atoms with Crippen molar-refractivity contribution in [2.75, 3.05) is 26.2 Å². The van der Waals surface area contributed by atoms with Crippen molar-refractivity contribution < 1.29 is 17.6 Å². The van der Waals surface area contributed by atoms with Crippen molar-refractivity contribution in [3.63, 3.8) is 0 Å². The number of piperazine rings is 1. The SMILES string of the molecule is CCCC[C@H](c1cc(C(F)(F)F)ccc1F)N1CCNCC1.Cl.Cl. The van der Waals surface area contributed by atoms with Gasteiger partial charge in [0, 0.05) is 37.8 Å². The minimum absolute atomic E-state index is 0. The topological polar surface area (TPSA) is 15.3 Å². The molecule has 0 radical (unpaired) electrons. The van der Waals surface area contributed by atoms with Crippen molar-refractivity contribution in [2.45, 2.75) is 38.4 Å². The number of benzene rings is 1. The quantitative estimate of drug-likeness (QED) is 0.724. The Morgan fingerprint density at radius 3 is 2.33 bits per heavy atom. The maximum atomic E-state index is 14.2. The van der Waals surface area contributed by atoms with Crippen LogP contribution in [0.3, 0.4) is 0 Å². The van der Waals surface area contributed by atoms with Gasteiger partial charge in [-0.1, -0.05) is 19.8 Å². The van der Waals surface area contributed by atoms with Gasteiger partial charge in [-0.05, 0) is 24.6 Å². The van der Waals surface area contributed by atoms with E-state index in [-0.39, 0.29) is 36.4 Å². The van der Waals surface area contributed by atoms with Crippen LogP contribution in [-0.2, 0) is 6.18 Å². The van der Waals surface area contributed by atoms with Gasteiger partial charge in [-0.3, -0.25) is 4.90 Å². The molecule has 0 amide bonds. The second kappa shape index (κ2) is 10.4. The van der Waals surface area contributed by atoms with Crippen LogP contribution >= 0.6 is 24.8 Å². The number of hydrogen-bond acceptors (Lipinski definition) is 2. The number of nitrogens with zero attached hydrogens (tertiary/aromatic N) is 1. The highest BCUT2D eigenvalue weighted by atomic mass is 35.5. The van der Waals surface area contributed by atoms with Gasteiger partial charge in [0.2, 0.25) is 0 Å². The molecule has 140 valence electrons. The van der Waals surface area contributed by atoms with E-state index in [1.165, 1.54) is 0 Å². The van der Waals surface area contributed by atoms with E-state index in [0.29, 0.717) is 6.42 Å². The number of alkyl halides is 3. The summed E-state index contributed by atoms with van der Waals surface area (Å²) in [7, 11) is 0. The molecular weight excluding hydrogens is 367 g/mol. The lowest BCUT2D eigenvalue weighted by atomic mass is 9.96. The van der Waals surface area contributed by atoms with E-state index in [0.717, 1.165) is 57.2 Å². The molecular formula is C16H24Cl2F4N2. The van der Waals surface area contributed by atoms with Crippen molar-refractivity contribution >= 4 is 24.8 Å². The zero-order chi connectivity index (χ0) is 16.2. The van der Waals surface area contributed by atoms with Gasteiger partial charge in [0.25, 0.3) is 0 Å². The van der Waals surface area contributed by atoms with Gasteiger partial charge in [0.05, 0.1) is 5.56 Å². The number of unbranched alkanes of at least 4 members (excludes halogenated alkanes) is 1. The van der Waals surface area contributed by atoms with Crippen LogP contribution in [-0.4, -0.2) is 31.1 Å². The summed E-state index contributed by atoms with van der Waals surface area (Å²) in [5.74, 6) is -0.548. The second-order valence-corrected chi connectivity index (χ2v) is 5.68. The molecule has 1 fully saturated rings. The molecule has 24 heavy (non-hydrogen) atoms. The zero-order valence-electron chi connectivity index (χ0n) is 13.5. The van der Waals surface area contributed by atoms with Crippen LogP contribution in [0.2, 0.25) is 0 Å². The molecule has 8 heteroatoms. The Kier molecular flexibility index (Phi) is 10.2. The fourth-order valence-corrected chi connectivity index (χ4v) is 2.90. The predicted molar refractivity (Wildman–Crippen MR) is 92.6 cm³/mol. The average molecular weight is 391 g/mol. The molecule has 0 aromatic heterocycles. The second-order valence-electron chi connectivity index (χ2n) is 5.68. The summed E-state index contributed by atoms with van der Waals surface area (Å²) in [6.07, 6.45) is -1.97. The molecule has 1 aromatic carbocycles. The van der Waals surface area contributed by atoms with E-state index < -0.39 is 17.6 Å². The highest BCUT2D eigenvalue weighted by molar-refractivity contribution is 5.85. The van der Waals surface area contributed by atoms with Crippen LogP contribution in [0.4, 0.5) is 17.6 Å². The molecule has 1 heterocycles.